The third-order valence-corrected chi connectivity index (χ3v) is 4.73. The highest BCUT2D eigenvalue weighted by atomic mass is 15.3. The van der Waals surface area contributed by atoms with Crippen molar-refractivity contribution in [1.82, 2.24) is 14.7 Å². The van der Waals surface area contributed by atoms with Crippen LogP contribution in [-0.2, 0) is 0 Å². The van der Waals surface area contributed by atoms with E-state index in [1.807, 2.05) is 10.9 Å². The highest BCUT2D eigenvalue weighted by molar-refractivity contribution is 5.12. The molecule has 3 unspecified atom stereocenters. The summed E-state index contributed by atoms with van der Waals surface area (Å²) in [4.78, 5) is 2.48. The second-order valence-corrected chi connectivity index (χ2v) is 6.69. The quantitative estimate of drug-likeness (QED) is 0.900. The molecular formula is C16H30N4. The summed E-state index contributed by atoms with van der Waals surface area (Å²) in [6.07, 6.45) is 9.47. The van der Waals surface area contributed by atoms with E-state index in [1.54, 1.807) is 0 Å². The van der Waals surface area contributed by atoms with E-state index in [9.17, 15) is 0 Å². The number of nitrogens with zero attached hydrogens (tertiary/aromatic N) is 3. The van der Waals surface area contributed by atoms with Gasteiger partial charge in [0, 0.05) is 30.4 Å². The molecule has 1 fully saturated rings. The Kier molecular flexibility index (Phi) is 5.22. The van der Waals surface area contributed by atoms with Gasteiger partial charge in [0.2, 0.25) is 0 Å². The van der Waals surface area contributed by atoms with Crippen molar-refractivity contribution < 1.29 is 0 Å². The Labute approximate surface area is 123 Å². The molecule has 0 amide bonds. The van der Waals surface area contributed by atoms with Crippen LogP contribution in [0.15, 0.2) is 12.4 Å². The van der Waals surface area contributed by atoms with Crippen LogP contribution in [0, 0.1) is 5.92 Å². The fraction of sp³-hybridized carbons (Fsp3) is 0.812. The second-order valence-electron chi connectivity index (χ2n) is 6.69. The van der Waals surface area contributed by atoms with Crippen LogP contribution >= 0.6 is 0 Å². The van der Waals surface area contributed by atoms with Crippen LogP contribution in [0.4, 0.5) is 0 Å². The van der Waals surface area contributed by atoms with E-state index in [4.69, 9.17) is 5.73 Å². The van der Waals surface area contributed by atoms with Crippen molar-refractivity contribution in [3.05, 3.63) is 18.0 Å². The van der Waals surface area contributed by atoms with Crippen LogP contribution in [0.1, 0.15) is 64.1 Å². The molecule has 3 atom stereocenters. The Bertz CT molecular complexity index is 412. The number of aromatic nitrogens is 2. The first-order chi connectivity index (χ1) is 9.52. The monoisotopic (exact) mass is 278 g/mol. The maximum Gasteiger partial charge on any atom is 0.0538 e. The Morgan fingerprint density at radius 2 is 2.20 bits per heavy atom. The van der Waals surface area contributed by atoms with Gasteiger partial charge >= 0.3 is 0 Å². The maximum absolute atomic E-state index is 6.05. The molecule has 0 radical (unpaired) electrons. The van der Waals surface area contributed by atoms with E-state index < -0.39 is 0 Å². The van der Waals surface area contributed by atoms with Crippen molar-refractivity contribution in [2.75, 3.05) is 13.6 Å². The minimum Gasteiger partial charge on any atom is -0.329 e. The Morgan fingerprint density at radius 1 is 1.45 bits per heavy atom. The van der Waals surface area contributed by atoms with Crippen molar-refractivity contribution in [3.8, 4) is 0 Å². The van der Waals surface area contributed by atoms with Crippen molar-refractivity contribution in [1.29, 1.82) is 0 Å². The normalized spacial score (nSPS) is 25.4. The lowest BCUT2D eigenvalue weighted by Crippen LogP contribution is -2.40. The van der Waals surface area contributed by atoms with Gasteiger partial charge in [0.15, 0.2) is 0 Å². The van der Waals surface area contributed by atoms with Crippen LogP contribution in [-0.4, -0.2) is 34.3 Å². The molecule has 0 aromatic carbocycles. The molecule has 1 aromatic rings. The molecule has 1 heterocycles. The molecule has 1 aromatic heterocycles. The summed E-state index contributed by atoms with van der Waals surface area (Å²) in [5.41, 5.74) is 7.31. The molecule has 0 bridgehead atoms. The van der Waals surface area contributed by atoms with Gasteiger partial charge in [-0.2, -0.15) is 5.10 Å². The van der Waals surface area contributed by atoms with Crippen LogP contribution in [0.5, 0.6) is 0 Å². The third-order valence-electron chi connectivity index (χ3n) is 4.73. The van der Waals surface area contributed by atoms with E-state index in [1.165, 1.54) is 31.2 Å². The highest BCUT2D eigenvalue weighted by Crippen LogP contribution is 2.31. The zero-order chi connectivity index (χ0) is 14.7. The lowest BCUT2D eigenvalue weighted by Gasteiger charge is -2.38. The second kappa shape index (κ2) is 6.72. The van der Waals surface area contributed by atoms with E-state index in [-0.39, 0.29) is 6.04 Å². The van der Waals surface area contributed by atoms with Crippen molar-refractivity contribution in [2.45, 2.75) is 64.6 Å². The van der Waals surface area contributed by atoms with E-state index >= 15 is 0 Å². The largest absolute Gasteiger partial charge is 0.329 e. The summed E-state index contributed by atoms with van der Waals surface area (Å²) in [5.74, 6) is 0.841. The number of hydrogen-bond acceptors (Lipinski definition) is 3. The molecule has 0 spiro atoms. The lowest BCUT2D eigenvalue weighted by molar-refractivity contribution is 0.121. The number of hydrogen-bond donors (Lipinski definition) is 1. The van der Waals surface area contributed by atoms with Gasteiger partial charge in [-0.05, 0) is 39.7 Å². The number of rotatable bonds is 5. The first kappa shape index (κ1) is 15.5. The smallest absolute Gasteiger partial charge is 0.0538 e. The molecule has 2 N–H and O–H groups in total. The van der Waals surface area contributed by atoms with E-state index in [0.29, 0.717) is 18.6 Å². The maximum atomic E-state index is 6.05. The molecular weight excluding hydrogens is 248 g/mol. The van der Waals surface area contributed by atoms with E-state index in [0.717, 1.165) is 5.92 Å². The van der Waals surface area contributed by atoms with Crippen molar-refractivity contribution in [2.24, 2.45) is 11.7 Å². The Morgan fingerprint density at radius 3 is 2.75 bits per heavy atom. The first-order valence-electron chi connectivity index (χ1n) is 7.99. The molecule has 1 aliphatic rings. The predicted octanol–water partition coefficient (Wildman–Crippen LogP) is 2.97. The topological polar surface area (TPSA) is 47.1 Å². The fourth-order valence-electron chi connectivity index (χ4n) is 3.37. The average molecular weight is 278 g/mol. The van der Waals surface area contributed by atoms with Gasteiger partial charge in [0.1, 0.15) is 0 Å². The standard InChI is InChI=1S/C16H30N4/c1-12(2)20-11-14(10-18-20)16(9-17)19(4)15-7-5-6-13(3)8-15/h10-13,15-16H,5-9,17H2,1-4H3. The number of nitrogens with two attached hydrogens (primary N) is 1. The summed E-state index contributed by atoms with van der Waals surface area (Å²) in [5, 5.41) is 4.46. The molecule has 1 saturated carbocycles. The molecule has 4 nitrogen and oxygen atoms in total. The minimum atomic E-state index is 0.290. The van der Waals surface area contributed by atoms with Gasteiger partial charge in [-0.15, -0.1) is 0 Å². The molecule has 0 aliphatic heterocycles. The van der Waals surface area contributed by atoms with Crippen molar-refractivity contribution in [3.63, 3.8) is 0 Å². The van der Waals surface area contributed by atoms with Crippen LogP contribution in [0.25, 0.3) is 0 Å². The van der Waals surface area contributed by atoms with Gasteiger partial charge < -0.3 is 5.73 Å². The predicted molar refractivity (Wildman–Crippen MR) is 83.6 cm³/mol. The molecule has 1 aliphatic carbocycles. The van der Waals surface area contributed by atoms with E-state index in [2.05, 4.69) is 44.0 Å². The molecule has 2 rings (SSSR count). The zero-order valence-corrected chi connectivity index (χ0v) is 13.4. The summed E-state index contributed by atoms with van der Waals surface area (Å²) in [6.45, 7) is 7.33. The number of likely N-dealkylation sites (N-methyl/N-ethyl adjacent to an activating group) is 1. The van der Waals surface area contributed by atoms with Crippen molar-refractivity contribution >= 4 is 0 Å². The fourth-order valence-corrected chi connectivity index (χ4v) is 3.37. The molecule has 0 saturated heterocycles. The molecule has 114 valence electrons. The summed E-state index contributed by atoms with van der Waals surface area (Å²) in [7, 11) is 2.23. The Balaban J connectivity index is 2.09. The minimum absolute atomic E-state index is 0.290. The summed E-state index contributed by atoms with van der Waals surface area (Å²) < 4.78 is 2.02. The molecule has 4 heteroatoms. The summed E-state index contributed by atoms with van der Waals surface area (Å²) in [6, 6.07) is 1.36. The van der Waals surface area contributed by atoms with Gasteiger partial charge in [0.25, 0.3) is 0 Å². The summed E-state index contributed by atoms with van der Waals surface area (Å²) >= 11 is 0. The van der Waals surface area contributed by atoms with Gasteiger partial charge in [-0.25, -0.2) is 0 Å². The van der Waals surface area contributed by atoms with Gasteiger partial charge in [0.05, 0.1) is 12.2 Å². The third kappa shape index (κ3) is 3.41. The average Bonchev–Trinajstić information content (AvgIpc) is 2.89. The van der Waals surface area contributed by atoms with Crippen LogP contribution in [0.2, 0.25) is 0 Å². The van der Waals surface area contributed by atoms with Crippen LogP contribution < -0.4 is 5.73 Å². The highest BCUT2D eigenvalue weighted by Gasteiger charge is 2.28. The lowest BCUT2D eigenvalue weighted by atomic mass is 9.85. The van der Waals surface area contributed by atoms with Crippen LogP contribution in [0.3, 0.4) is 0 Å². The molecule has 20 heavy (non-hydrogen) atoms. The van der Waals surface area contributed by atoms with Gasteiger partial charge in [-0.3, -0.25) is 9.58 Å². The Hall–Kier alpha value is -0.870. The SMILES string of the molecule is CC1CCCC(N(C)C(CN)c2cnn(C(C)C)c2)C1. The zero-order valence-electron chi connectivity index (χ0n) is 13.4. The van der Waals surface area contributed by atoms with Gasteiger partial charge in [-0.1, -0.05) is 19.8 Å². The first-order valence-corrected chi connectivity index (χ1v) is 7.99.